The predicted octanol–water partition coefficient (Wildman–Crippen LogP) is 4.63. The van der Waals surface area contributed by atoms with Gasteiger partial charge in [-0.1, -0.05) is 22.9 Å². The summed E-state index contributed by atoms with van der Waals surface area (Å²) in [6, 6.07) is 8.64. The van der Waals surface area contributed by atoms with Crippen LogP contribution in [0.25, 0.3) is 0 Å². The Bertz CT molecular complexity index is 584. The molecule has 5 heteroatoms. The summed E-state index contributed by atoms with van der Waals surface area (Å²) in [5.74, 6) is -0.142. The molecule has 0 radical (unpaired) electrons. The Morgan fingerprint density at radius 2 is 1.65 bits per heavy atom. The summed E-state index contributed by atoms with van der Waals surface area (Å²) in [6.45, 7) is 3.32. The summed E-state index contributed by atoms with van der Waals surface area (Å²) in [6.07, 6.45) is 0. The zero-order chi connectivity index (χ0) is 14.5. The molecule has 0 aromatic heterocycles. The lowest BCUT2D eigenvalue weighted by Crippen LogP contribution is -2.11. The Morgan fingerprint density at radius 3 is 2.30 bits per heavy atom. The molecule has 2 aromatic rings. The minimum atomic E-state index is -0.418. The molecule has 0 fully saturated rings. The zero-order valence-corrected chi connectivity index (χ0v) is 12.5. The maximum atomic E-state index is 13.5. The summed E-state index contributed by atoms with van der Waals surface area (Å²) < 4.78 is 32.9. The van der Waals surface area contributed by atoms with Crippen LogP contribution in [0.4, 0.5) is 8.78 Å². The SMILES string of the molecule is CCNCc1cc(F)cc(Oc2cc(F)cc(Br)c2)c1. The van der Waals surface area contributed by atoms with E-state index in [1.165, 1.54) is 24.3 Å². The number of rotatable bonds is 5. The molecule has 2 nitrogen and oxygen atoms in total. The van der Waals surface area contributed by atoms with E-state index in [2.05, 4.69) is 21.2 Å². The molecule has 0 saturated carbocycles. The summed E-state index contributed by atoms with van der Waals surface area (Å²) in [5, 5.41) is 3.11. The van der Waals surface area contributed by atoms with E-state index in [9.17, 15) is 8.78 Å². The molecule has 0 spiro atoms. The highest BCUT2D eigenvalue weighted by molar-refractivity contribution is 9.10. The van der Waals surface area contributed by atoms with E-state index < -0.39 is 5.82 Å². The lowest BCUT2D eigenvalue weighted by molar-refractivity contribution is 0.469. The second kappa shape index (κ2) is 6.81. The van der Waals surface area contributed by atoms with Gasteiger partial charge in [0.2, 0.25) is 0 Å². The summed E-state index contributed by atoms with van der Waals surface area (Å²) >= 11 is 3.19. The smallest absolute Gasteiger partial charge is 0.131 e. The highest BCUT2D eigenvalue weighted by atomic mass is 79.9. The maximum absolute atomic E-state index is 13.5. The van der Waals surface area contributed by atoms with Crippen molar-refractivity contribution in [1.82, 2.24) is 5.32 Å². The second-order valence-corrected chi connectivity index (χ2v) is 5.20. The third-order valence-corrected chi connectivity index (χ3v) is 3.04. The second-order valence-electron chi connectivity index (χ2n) is 4.28. The standard InChI is InChI=1S/C15H14BrF2NO/c1-2-19-9-10-3-12(17)7-14(4-10)20-15-6-11(16)5-13(18)8-15/h3-8,19H,2,9H2,1H3. The van der Waals surface area contributed by atoms with Gasteiger partial charge in [0.15, 0.2) is 0 Å². The van der Waals surface area contributed by atoms with Gasteiger partial charge in [-0.15, -0.1) is 0 Å². The molecule has 0 aliphatic rings. The summed E-state index contributed by atoms with van der Waals surface area (Å²) in [5.41, 5.74) is 0.775. The molecule has 0 saturated heterocycles. The average molecular weight is 342 g/mol. The van der Waals surface area contributed by atoms with E-state index in [-0.39, 0.29) is 5.82 Å². The first kappa shape index (κ1) is 14.9. The highest BCUT2D eigenvalue weighted by Gasteiger charge is 2.05. The fourth-order valence-corrected chi connectivity index (χ4v) is 2.22. The monoisotopic (exact) mass is 341 g/mol. The van der Waals surface area contributed by atoms with Crippen molar-refractivity contribution in [3.63, 3.8) is 0 Å². The van der Waals surface area contributed by atoms with Crippen molar-refractivity contribution in [2.24, 2.45) is 0 Å². The molecule has 106 valence electrons. The predicted molar refractivity (Wildman–Crippen MR) is 78.0 cm³/mol. The largest absolute Gasteiger partial charge is 0.457 e. The number of ether oxygens (including phenoxy) is 1. The third-order valence-electron chi connectivity index (χ3n) is 2.58. The normalized spacial score (nSPS) is 10.6. The number of nitrogens with one attached hydrogen (secondary N) is 1. The van der Waals surface area contributed by atoms with Crippen LogP contribution < -0.4 is 10.1 Å². The van der Waals surface area contributed by atoms with Crippen LogP contribution in [0.5, 0.6) is 11.5 Å². The van der Waals surface area contributed by atoms with Gasteiger partial charge in [-0.2, -0.15) is 0 Å². The number of hydrogen-bond donors (Lipinski definition) is 1. The Balaban J connectivity index is 2.21. The quantitative estimate of drug-likeness (QED) is 0.856. The van der Waals surface area contributed by atoms with E-state index in [0.717, 1.165) is 12.1 Å². The Kier molecular flexibility index (Phi) is 5.09. The van der Waals surface area contributed by atoms with Crippen LogP contribution in [0.3, 0.4) is 0 Å². The minimum absolute atomic E-state index is 0.317. The number of hydrogen-bond acceptors (Lipinski definition) is 2. The van der Waals surface area contributed by atoms with E-state index in [0.29, 0.717) is 22.5 Å². The lowest BCUT2D eigenvalue weighted by Gasteiger charge is -2.09. The number of benzene rings is 2. The molecule has 0 amide bonds. The van der Waals surface area contributed by atoms with Crippen molar-refractivity contribution in [3.8, 4) is 11.5 Å². The maximum Gasteiger partial charge on any atom is 0.131 e. The van der Waals surface area contributed by atoms with Gasteiger partial charge < -0.3 is 10.1 Å². The topological polar surface area (TPSA) is 21.3 Å². The van der Waals surface area contributed by atoms with Gasteiger partial charge >= 0.3 is 0 Å². The van der Waals surface area contributed by atoms with Crippen molar-refractivity contribution >= 4 is 15.9 Å². The summed E-state index contributed by atoms with van der Waals surface area (Å²) in [7, 11) is 0. The van der Waals surface area contributed by atoms with E-state index >= 15 is 0 Å². The van der Waals surface area contributed by atoms with Gasteiger partial charge in [0, 0.05) is 23.2 Å². The Hall–Kier alpha value is -1.46. The first-order valence-electron chi connectivity index (χ1n) is 6.21. The zero-order valence-electron chi connectivity index (χ0n) is 10.9. The molecule has 0 heterocycles. The van der Waals surface area contributed by atoms with Crippen LogP contribution in [-0.2, 0) is 6.54 Å². The average Bonchev–Trinajstić information content (AvgIpc) is 2.34. The van der Waals surface area contributed by atoms with Crippen LogP contribution in [0.15, 0.2) is 40.9 Å². The van der Waals surface area contributed by atoms with Crippen LogP contribution in [0.2, 0.25) is 0 Å². The first-order chi connectivity index (χ1) is 9.56. The van der Waals surface area contributed by atoms with Gasteiger partial charge in [-0.3, -0.25) is 0 Å². The molecule has 2 aromatic carbocycles. The van der Waals surface area contributed by atoms with Crippen molar-refractivity contribution in [2.75, 3.05) is 6.54 Å². The van der Waals surface area contributed by atoms with E-state index in [1.807, 2.05) is 6.92 Å². The molecule has 2 rings (SSSR count). The highest BCUT2D eigenvalue weighted by Crippen LogP contribution is 2.27. The van der Waals surface area contributed by atoms with E-state index in [4.69, 9.17) is 4.74 Å². The summed E-state index contributed by atoms with van der Waals surface area (Å²) in [4.78, 5) is 0. The fourth-order valence-electron chi connectivity index (χ4n) is 1.77. The number of halogens is 3. The van der Waals surface area contributed by atoms with Gasteiger partial charge in [0.1, 0.15) is 23.1 Å². The first-order valence-corrected chi connectivity index (χ1v) is 7.00. The van der Waals surface area contributed by atoms with Gasteiger partial charge in [0.25, 0.3) is 0 Å². The van der Waals surface area contributed by atoms with Crippen molar-refractivity contribution in [1.29, 1.82) is 0 Å². The lowest BCUT2D eigenvalue weighted by atomic mass is 10.2. The van der Waals surface area contributed by atoms with Crippen LogP contribution in [-0.4, -0.2) is 6.54 Å². The fraction of sp³-hybridized carbons (Fsp3) is 0.200. The van der Waals surface area contributed by atoms with Crippen LogP contribution in [0, 0.1) is 11.6 Å². The van der Waals surface area contributed by atoms with Crippen LogP contribution >= 0.6 is 15.9 Å². The Morgan fingerprint density at radius 1 is 1.00 bits per heavy atom. The Labute approximate surface area is 124 Å². The van der Waals surface area contributed by atoms with Crippen LogP contribution in [0.1, 0.15) is 12.5 Å². The van der Waals surface area contributed by atoms with Gasteiger partial charge in [-0.05, 0) is 36.4 Å². The van der Waals surface area contributed by atoms with Crippen molar-refractivity contribution < 1.29 is 13.5 Å². The van der Waals surface area contributed by atoms with Crippen molar-refractivity contribution in [3.05, 3.63) is 58.1 Å². The minimum Gasteiger partial charge on any atom is -0.457 e. The van der Waals surface area contributed by atoms with E-state index in [1.54, 1.807) is 12.1 Å². The van der Waals surface area contributed by atoms with Gasteiger partial charge in [-0.25, -0.2) is 8.78 Å². The van der Waals surface area contributed by atoms with Gasteiger partial charge in [0.05, 0.1) is 0 Å². The third kappa shape index (κ3) is 4.28. The molecule has 0 bridgehead atoms. The molecule has 0 aliphatic carbocycles. The molecule has 0 atom stereocenters. The molecule has 0 unspecified atom stereocenters. The molecular formula is C15H14BrF2NO. The molecule has 20 heavy (non-hydrogen) atoms. The molecule has 0 aliphatic heterocycles. The van der Waals surface area contributed by atoms with Crippen molar-refractivity contribution in [2.45, 2.75) is 13.5 Å². The molecular weight excluding hydrogens is 328 g/mol. The molecule has 1 N–H and O–H groups in total.